The number of rotatable bonds is 8. The highest BCUT2D eigenvalue weighted by Crippen LogP contribution is 2.25. The van der Waals surface area contributed by atoms with E-state index in [1.807, 2.05) is 0 Å². The summed E-state index contributed by atoms with van der Waals surface area (Å²) in [6, 6.07) is 3.31. The Kier molecular flexibility index (Phi) is 6.97. The molecule has 0 saturated heterocycles. The molecule has 1 amide bonds. The van der Waals surface area contributed by atoms with Crippen LogP contribution in [0.15, 0.2) is 18.2 Å². The molecule has 5 nitrogen and oxygen atoms in total. The maximum Gasteiger partial charge on any atom is 0.241 e. The molecule has 0 aliphatic rings. The molecule has 3 N–H and O–H groups in total. The summed E-state index contributed by atoms with van der Waals surface area (Å²) in [5.41, 5.74) is 6.19. The molecule has 1 atom stereocenters. The lowest BCUT2D eigenvalue weighted by Crippen LogP contribution is -2.35. The number of nitrogens with one attached hydrogen (secondary N) is 1. The zero-order valence-corrected chi connectivity index (χ0v) is 11.8. The number of anilines is 1. The number of carbonyl (C=O) groups is 1. The van der Waals surface area contributed by atoms with Gasteiger partial charge in [-0.1, -0.05) is 0 Å². The Labute approximate surface area is 118 Å². The number of halogens is 1. The molecule has 0 aliphatic carbocycles. The van der Waals surface area contributed by atoms with Gasteiger partial charge >= 0.3 is 0 Å². The zero-order chi connectivity index (χ0) is 15.0. The molecule has 1 rings (SSSR count). The summed E-state index contributed by atoms with van der Waals surface area (Å²) in [5, 5.41) is 2.65. The Morgan fingerprint density at radius 3 is 2.90 bits per heavy atom. The zero-order valence-electron chi connectivity index (χ0n) is 11.8. The van der Waals surface area contributed by atoms with Gasteiger partial charge < -0.3 is 20.5 Å². The largest absolute Gasteiger partial charge is 0.492 e. The average Bonchev–Trinajstić information content (AvgIpc) is 2.42. The van der Waals surface area contributed by atoms with Crippen molar-refractivity contribution in [2.45, 2.75) is 25.8 Å². The number of carbonyl (C=O) groups excluding carboxylic acids is 1. The molecule has 20 heavy (non-hydrogen) atoms. The second-order valence-corrected chi connectivity index (χ2v) is 4.30. The van der Waals surface area contributed by atoms with Crippen molar-refractivity contribution < 1.29 is 18.7 Å². The molecule has 0 fully saturated rings. The normalized spacial score (nSPS) is 12.0. The first-order valence-corrected chi connectivity index (χ1v) is 6.56. The molecule has 0 radical (unpaired) electrons. The van der Waals surface area contributed by atoms with Gasteiger partial charge in [0.25, 0.3) is 0 Å². The van der Waals surface area contributed by atoms with Crippen LogP contribution in [0.2, 0.25) is 0 Å². The van der Waals surface area contributed by atoms with Crippen molar-refractivity contribution >= 4 is 11.6 Å². The lowest BCUT2D eigenvalue weighted by molar-refractivity contribution is -0.117. The lowest BCUT2D eigenvalue weighted by Gasteiger charge is -2.15. The predicted molar refractivity (Wildman–Crippen MR) is 75.3 cm³/mol. The van der Waals surface area contributed by atoms with Crippen LogP contribution in [0.25, 0.3) is 0 Å². The van der Waals surface area contributed by atoms with E-state index in [1.54, 1.807) is 14.0 Å². The summed E-state index contributed by atoms with van der Waals surface area (Å²) >= 11 is 0. The number of benzene rings is 1. The molecule has 6 heteroatoms. The summed E-state index contributed by atoms with van der Waals surface area (Å²) in [4.78, 5) is 11.9. The van der Waals surface area contributed by atoms with Crippen molar-refractivity contribution in [3.8, 4) is 5.75 Å². The van der Waals surface area contributed by atoms with Crippen molar-refractivity contribution in [2.24, 2.45) is 5.73 Å². The van der Waals surface area contributed by atoms with E-state index in [9.17, 15) is 9.18 Å². The van der Waals surface area contributed by atoms with Gasteiger partial charge in [-0.3, -0.25) is 4.79 Å². The van der Waals surface area contributed by atoms with Crippen LogP contribution in [-0.4, -0.2) is 32.3 Å². The van der Waals surface area contributed by atoms with Crippen LogP contribution in [-0.2, 0) is 9.53 Å². The van der Waals surface area contributed by atoms with E-state index in [0.29, 0.717) is 37.5 Å². The summed E-state index contributed by atoms with van der Waals surface area (Å²) < 4.78 is 23.3. The molecule has 0 bridgehead atoms. The number of ether oxygens (including phenoxy) is 2. The number of hydrogen-bond donors (Lipinski definition) is 2. The van der Waals surface area contributed by atoms with Gasteiger partial charge in [0.05, 0.1) is 18.3 Å². The number of methoxy groups -OCH3 is 1. The quantitative estimate of drug-likeness (QED) is 0.715. The van der Waals surface area contributed by atoms with Crippen LogP contribution in [0, 0.1) is 5.82 Å². The van der Waals surface area contributed by atoms with E-state index in [4.69, 9.17) is 15.2 Å². The Bertz CT molecular complexity index is 440. The van der Waals surface area contributed by atoms with Gasteiger partial charge in [-0.15, -0.1) is 0 Å². The fourth-order valence-electron chi connectivity index (χ4n) is 1.68. The first kappa shape index (κ1) is 16.4. The molecular formula is C14H21FN2O3. The highest BCUT2D eigenvalue weighted by molar-refractivity contribution is 5.95. The average molecular weight is 284 g/mol. The maximum atomic E-state index is 13.1. The molecule has 0 aromatic heterocycles. The van der Waals surface area contributed by atoms with Crippen molar-refractivity contribution in [3.63, 3.8) is 0 Å². The molecule has 0 saturated carbocycles. The monoisotopic (exact) mass is 284 g/mol. The Morgan fingerprint density at radius 2 is 2.25 bits per heavy atom. The van der Waals surface area contributed by atoms with Crippen LogP contribution >= 0.6 is 0 Å². The minimum atomic E-state index is -0.635. The molecule has 0 spiro atoms. The van der Waals surface area contributed by atoms with Crippen LogP contribution in [0.1, 0.15) is 19.8 Å². The fraction of sp³-hybridized carbons (Fsp3) is 0.500. The van der Waals surface area contributed by atoms with E-state index in [1.165, 1.54) is 18.2 Å². The van der Waals surface area contributed by atoms with Crippen LogP contribution < -0.4 is 15.8 Å². The molecule has 1 unspecified atom stereocenters. The smallest absolute Gasteiger partial charge is 0.241 e. The van der Waals surface area contributed by atoms with Crippen LogP contribution in [0.3, 0.4) is 0 Å². The minimum Gasteiger partial charge on any atom is -0.492 e. The molecule has 0 aliphatic heterocycles. The molecule has 112 valence electrons. The van der Waals surface area contributed by atoms with E-state index >= 15 is 0 Å². The Balaban J connectivity index is 2.64. The van der Waals surface area contributed by atoms with Gasteiger partial charge in [0.2, 0.25) is 5.91 Å². The first-order valence-electron chi connectivity index (χ1n) is 6.56. The predicted octanol–water partition coefficient (Wildman–Crippen LogP) is 1.92. The van der Waals surface area contributed by atoms with E-state index < -0.39 is 11.9 Å². The van der Waals surface area contributed by atoms with Gasteiger partial charge in [0, 0.05) is 19.8 Å². The molecule has 0 heterocycles. The first-order chi connectivity index (χ1) is 9.58. The number of hydrogen-bond acceptors (Lipinski definition) is 4. The van der Waals surface area contributed by atoms with Crippen LogP contribution in [0.5, 0.6) is 5.75 Å². The van der Waals surface area contributed by atoms with Gasteiger partial charge in [0.1, 0.15) is 11.6 Å². The maximum absolute atomic E-state index is 13.1. The Morgan fingerprint density at radius 1 is 1.50 bits per heavy atom. The van der Waals surface area contributed by atoms with E-state index in [0.717, 1.165) is 0 Å². The lowest BCUT2D eigenvalue weighted by atomic mass is 10.1. The van der Waals surface area contributed by atoms with Gasteiger partial charge in [-0.05, 0) is 31.9 Å². The number of nitrogens with two attached hydrogens (primary N) is 1. The highest BCUT2D eigenvalue weighted by Gasteiger charge is 2.15. The van der Waals surface area contributed by atoms with E-state index in [2.05, 4.69) is 5.32 Å². The Hall–Kier alpha value is -1.66. The van der Waals surface area contributed by atoms with Gasteiger partial charge in [0.15, 0.2) is 0 Å². The topological polar surface area (TPSA) is 73.6 Å². The molecular weight excluding hydrogens is 263 g/mol. The third-order valence-electron chi connectivity index (χ3n) is 2.70. The highest BCUT2D eigenvalue weighted by atomic mass is 19.1. The summed E-state index contributed by atoms with van der Waals surface area (Å²) in [6.45, 7) is 2.72. The van der Waals surface area contributed by atoms with Crippen molar-refractivity contribution in [2.75, 3.05) is 25.6 Å². The standard InChI is InChI=1S/C14H21FN2O3/c1-3-20-13-9-10(15)6-7-12(13)17-14(18)11(16)5-4-8-19-2/h6-7,9,11H,3-5,8,16H2,1-2H3,(H,17,18). The molecule has 1 aromatic carbocycles. The van der Waals surface area contributed by atoms with Crippen LogP contribution in [0.4, 0.5) is 10.1 Å². The second kappa shape index (κ2) is 8.50. The number of amides is 1. The SMILES string of the molecule is CCOc1cc(F)ccc1NC(=O)C(N)CCCOC. The van der Waals surface area contributed by atoms with Crippen molar-refractivity contribution in [3.05, 3.63) is 24.0 Å². The van der Waals surface area contributed by atoms with Gasteiger partial charge in [-0.2, -0.15) is 0 Å². The van der Waals surface area contributed by atoms with Gasteiger partial charge in [-0.25, -0.2) is 4.39 Å². The third-order valence-corrected chi connectivity index (χ3v) is 2.70. The summed E-state index contributed by atoms with van der Waals surface area (Å²) in [6.07, 6.45) is 1.22. The summed E-state index contributed by atoms with van der Waals surface area (Å²) in [5.74, 6) is -0.450. The third kappa shape index (κ3) is 5.14. The second-order valence-electron chi connectivity index (χ2n) is 4.30. The van der Waals surface area contributed by atoms with Crippen molar-refractivity contribution in [1.82, 2.24) is 0 Å². The fourth-order valence-corrected chi connectivity index (χ4v) is 1.68. The van der Waals surface area contributed by atoms with E-state index in [-0.39, 0.29) is 5.91 Å². The minimum absolute atomic E-state index is 0.296. The van der Waals surface area contributed by atoms with Crippen molar-refractivity contribution in [1.29, 1.82) is 0 Å². The summed E-state index contributed by atoms with van der Waals surface area (Å²) in [7, 11) is 1.60. The molecule has 1 aromatic rings.